The topological polar surface area (TPSA) is 83.6 Å². The van der Waals surface area contributed by atoms with Gasteiger partial charge < -0.3 is 10.2 Å². The van der Waals surface area contributed by atoms with E-state index in [4.69, 9.17) is 0 Å². The van der Waals surface area contributed by atoms with Crippen LogP contribution in [0.3, 0.4) is 0 Å². The highest BCUT2D eigenvalue weighted by Crippen LogP contribution is 2.16. The van der Waals surface area contributed by atoms with Crippen molar-refractivity contribution in [3.8, 4) is 0 Å². The number of hydrogen-bond acceptors (Lipinski definition) is 4. The Morgan fingerprint density at radius 1 is 1.19 bits per heavy atom. The second-order valence-electron chi connectivity index (χ2n) is 6.31. The third kappa shape index (κ3) is 4.43. The van der Waals surface area contributed by atoms with Crippen LogP contribution in [0.4, 0.5) is 0 Å². The molecule has 6 nitrogen and oxygen atoms in total. The molecule has 0 spiro atoms. The van der Waals surface area contributed by atoms with Gasteiger partial charge in [0.25, 0.3) is 0 Å². The second-order valence-corrected chi connectivity index (χ2v) is 8.99. The van der Waals surface area contributed by atoms with Crippen LogP contribution in [-0.4, -0.2) is 54.8 Å². The van der Waals surface area contributed by atoms with Crippen molar-refractivity contribution in [1.29, 1.82) is 0 Å². The van der Waals surface area contributed by atoms with E-state index in [9.17, 15) is 18.0 Å². The van der Waals surface area contributed by atoms with E-state index in [2.05, 4.69) is 5.32 Å². The quantitative estimate of drug-likeness (QED) is 0.776. The standard InChI is InChI=1S/C14H26N2O4S/c1-9(2)8-12-14(18)16(11(5)13(17)15-12)6-7-21(19,20)10(3)4/h9-12H,6-8H2,1-5H3,(H,15,17). The van der Waals surface area contributed by atoms with Crippen LogP contribution in [0.1, 0.15) is 41.0 Å². The first kappa shape index (κ1) is 17.9. The van der Waals surface area contributed by atoms with E-state index >= 15 is 0 Å². The summed E-state index contributed by atoms with van der Waals surface area (Å²) in [5, 5.41) is 2.24. The molecule has 0 saturated carbocycles. The smallest absolute Gasteiger partial charge is 0.245 e. The molecule has 0 aromatic rings. The molecule has 0 aromatic carbocycles. The molecule has 0 radical (unpaired) electrons. The first-order valence-corrected chi connectivity index (χ1v) is 9.10. The fourth-order valence-electron chi connectivity index (χ4n) is 2.28. The fourth-order valence-corrected chi connectivity index (χ4v) is 3.21. The molecule has 7 heteroatoms. The Morgan fingerprint density at radius 3 is 2.24 bits per heavy atom. The van der Waals surface area contributed by atoms with E-state index in [0.717, 1.165) is 0 Å². The number of amides is 2. The first-order chi connectivity index (χ1) is 9.56. The van der Waals surface area contributed by atoms with Crippen LogP contribution in [0.15, 0.2) is 0 Å². The minimum atomic E-state index is -3.23. The number of nitrogens with one attached hydrogen (secondary N) is 1. The summed E-state index contributed by atoms with van der Waals surface area (Å²) in [5.74, 6) is -0.242. The van der Waals surface area contributed by atoms with Gasteiger partial charge >= 0.3 is 0 Å². The van der Waals surface area contributed by atoms with Crippen molar-refractivity contribution in [2.24, 2.45) is 5.92 Å². The number of carbonyl (C=O) groups excluding carboxylic acids is 2. The van der Waals surface area contributed by atoms with Gasteiger partial charge in [0, 0.05) is 6.54 Å². The molecule has 21 heavy (non-hydrogen) atoms. The average molecular weight is 318 g/mol. The highest BCUT2D eigenvalue weighted by Gasteiger charge is 2.38. The van der Waals surface area contributed by atoms with Crippen molar-refractivity contribution in [2.75, 3.05) is 12.3 Å². The average Bonchev–Trinajstić information content (AvgIpc) is 2.35. The van der Waals surface area contributed by atoms with Crippen LogP contribution in [-0.2, 0) is 19.4 Å². The Morgan fingerprint density at radius 2 is 1.76 bits per heavy atom. The molecule has 2 amide bonds. The minimum Gasteiger partial charge on any atom is -0.343 e. The van der Waals surface area contributed by atoms with E-state index in [1.807, 2.05) is 13.8 Å². The molecular formula is C14H26N2O4S. The number of carbonyl (C=O) groups is 2. The molecule has 0 aromatic heterocycles. The highest BCUT2D eigenvalue weighted by molar-refractivity contribution is 7.92. The molecule has 0 aliphatic carbocycles. The number of sulfone groups is 1. The normalized spacial score (nSPS) is 23.9. The summed E-state index contributed by atoms with van der Waals surface area (Å²) in [6.45, 7) is 8.88. The number of piperazine rings is 1. The lowest BCUT2D eigenvalue weighted by molar-refractivity contribution is -0.148. The molecule has 1 aliphatic heterocycles. The van der Waals surface area contributed by atoms with Crippen LogP contribution in [0.2, 0.25) is 0 Å². The van der Waals surface area contributed by atoms with Gasteiger partial charge in [-0.1, -0.05) is 13.8 Å². The van der Waals surface area contributed by atoms with Crippen LogP contribution in [0, 0.1) is 5.92 Å². The lowest BCUT2D eigenvalue weighted by Crippen LogP contribution is -2.63. The lowest BCUT2D eigenvalue weighted by Gasteiger charge is -2.38. The Labute approximate surface area is 127 Å². The highest BCUT2D eigenvalue weighted by atomic mass is 32.2. The summed E-state index contributed by atoms with van der Waals surface area (Å²) in [4.78, 5) is 25.8. The van der Waals surface area contributed by atoms with Crippen LogP contribution >= 0.6 is 0 Å². The Hall–Kier alpha value is -1.11. The maximum absolute atomic E-state index is 12.4. The Balaban J connectivity index is 2.82. The second kappa shape index (κ2) is 6.77. The van der Waals surface area contributed by atoms with Gasteiger partial charge in [-0.05, 0) is 33.1 Å². The van der Waals surface area contributed by atoms with Gasteiger partial charge in [0.05, 0.1) is 11.0 Å². The number of nitrogens with zero attached hydrogens (tertiary/aromatic N) is 1. The maximum atomic E-state index is 12.4. The van der Waals surface area contributed by atoms with Crippen molar-refractivity contribution < 1.29 is 18.0 Å². The molecule has 122 valence electrons. The molecule has 1 fully saturated rings. The summed E-state index contributed by atoms with van der Waals surface area (Å²) in [6, 6.07) is -1.17. The molecule has 1 saturated heterocycles. The molecule has 2 atom stereocenters. The summed E-state index contributed by atoms with van der Waals surface area (Å²) >= 11 is 0. The van der Waals surface area contributed by atoms with Crippen molar-refractivity contribution in [3.63, 3.8) is 0 Å². The number of rotatable bonds is 6. The van der Waals surface area contributed by atoms with Crippen molar-refractivity contribution >= 4 is 21.7 Å². The summed E-state index contributed by atoms with van der Waals surface area (Å²) in [5.41, 5.74) is 0. The first-order valence-electron chi connectivity index (χ1n) is 7.38. The number of hydrogen-bond donors (Lipinski definition) is 1. The van der Waals surface area contributed by atoms with E-state index in [0.29, 0.717) is 6.42 Å². The van der Waals surface area contributed by atoms with E-state index in [-0.39, 0.29) is 30.0 Å². The zero-order valence-corrected chi connectivity index (χ0v) is 14.2. The zero-order chi connectivity index (χ0) is 16.4. The fraction of sp³-hybridized carbons (Fsp3) is 0.857. The van der Waals surface area contributed by atoms with Crippen molar-refractivity contribution in [3.05, 3.63) is 0 Å². The van der Waals surface area contributed by atoms with E-state index < -0.39 is 27.2 Å². The molecule has 2 unspecified atom stereocenters. The molecule has 1 aliphatic rings. The van der Waals surface area contributed by atoms with E-state index in [1.165, 1.54) is 4.90 Å². The van der Waals surface area contributed by atoms with Crippen molar-refractivity contribution in [2.45, 2.75) is 58.4 Å². The lowest BCUT2D eigenvalue weighted by atomic mass is 9.99. The van der Waals surface area contributed by atoms with Crippen molar-refractivity contribution in [1.82, 2.24) is 10.2 Å². The minimum absolute atomic E-state index is 0.0720. The molecule has 0 bridgehead atoms. The molecule has 1 N–H and O–H groups in total. The van der Waals surface area contributed by atoms with Gasteiger partial charge in [-0.3, -0.25) is 9.59 Å². The molecule has 1 heterocycles. The van der Waals surface area contributed by atoms with Gasteiger partial charge in [0.15, 0.2) is 9.84 Å². The summed E-state index contributed by atoms with van der Waals surface area (Å²) < 4.78 is 23.8. The maximum Gasteiger partial charge on any atom is 0.245 e. The Bertz CT molecular complexity index is 499. The zero-order valence-electron chi connectivity index (χ0n) is 13.4. The van der Waals surface area contributed by atoms with Gasteiger partial charge in [-0.25, -0.2) is 8.42 Å². The van der Waals surface area contributed by atoms with Crippen LogP contribution in [0.25, 0.3) is 0 Å². The predicted molar refractivity (Wildman–Crippen MR) is 81.5 cm³/mol. The SMILES string of the molecule is CC(C)CC1NC(=O)C(C)N(CCS(=O)(=O)C(C)C)C1=O. The summed E-state index contributed by atoms with van der Waals surface area (Å²) in [7, 11) is -3.23. The molecule has 1 rings (SSSR count). The predicted octanol–water partition coefficient (Wildman–Crippen LogP) is 0.571. The molecular weight excluding hydrogens is 292 g/mol. The van der Waals surface area contributed by atoms with Gasteiger partial charge in [-0.2, -0.15) is 0 Å². The Kier molecular flexibility index (Phi) is 5.78. The van der Waals surface area contributed by atoms with Gasteiger partial charge in [0.1, 0.15) is 12.1 Å². The van der Waals surface area contributed by atoms with Crippen LogP contribution in [0.5, 0.6) is 0 Å². The summed E-state index contributed by atoms with van der Waals surface area (Å²) in [6.07, 6.45) is 0.560. The largest absolute Gasteiger partial charge is 0.343 e. The van der Waals surface area contributed by atoms with Crippen LogP contribution < -0.4 is 5.32 Å². The monoisotopic (exact) mass is 318 g/mol. The van der Waals surface area contributed by atoms with Gasteiger partial charge in [0.2, 0.25) is 11.8 Å². The third-order valence-corrected chi connectivity index (χ3v) is 5.97. The van der Waals surface area contributed by atoms with E-state index in [1.54, 1.807) is 20.8 Å². The van der Waals surface area contributed by atoms with Gasteiger partial charge in [-0.15, -0.1) is 0 Å². The third-order valence-electron chi connectivity index (χ3n) is 3.79.